The fraction of sp³-hybridized carbons (Fsp3) is 0.231. The Morgan fingerprint density at radius 1 is 0.929 bits per heavy atom. The first-order valence-electron chi connectivity index (χ1n) is 9.97. The molecule has 5 rings (SSSR count). The van der Waals surface area contributed by atoms with Crippen molar-refractivity contribution in [1.29, 1.82) is 0 Å². The average molecular weight is 364 g/mol. The lowest BCUT2D eigenvalue weighted by Gasteiger charge is -2.30. The third-order valence-electron chi connectivity index (χ3n) is 6.28. The third-order valence-corrected chi connectivity index (χ3v) is 6.28. The summed E-state index contributed by atoms with van der Waals surface area (Å²) < 4.78 is 0. The second-order valence-electron chi connectivity index (χ2n) is 8.40. The number of hydrogen-bond donors (Lipinski definition) is 0. The molecule has 28 heavy (non-hydrogen) atoms. The Labute approximate surface area is 166 Å². The lowest BCUT2D eigenvalue weighted by Crippen LogP contribution is -2.25. The molecular weight excluding hydrogens is 340 g/mol. The Morgan fingerprint density at radius 2 is 1.82 bits per heavy atom. The summed E-state index contributed by atoms with van der Waals surface area (Å²) in [6.45, 7) is 4.69. The van der Waals surface area contributed by atoms with Crippen molar-refractivity contribution >= 4 is 0 Å². The Kier molecular flexibility index (Phi) is 4.01. The van der Waals surface area contributed by atoms with E-state index in [9.17, 15) is 0 Å². The van der Waals surface area contributed by atoms with Crippen LogP contribution in [0.25, 0.3) is 11.3 Å². The maximum Gasteiger partial charge on any atom is 0.0702 e. The second kappa shape index (κ2) is 6.56. The first kappa shape index (κ1) is 17.1. The average Bonchev–Trinajstić information content (AvgIpc) is 2.96. The van der Waals surface area contributed by atoms with Crippen molar-refractivity contribution in [2.75, 3.05) is 0 Å². The van der Waals surface area contributed by atoms with E-state index < -0.39 is 0 Å². The molecule has 0 saturated carbocycles. The van der Waals surface area contributed by atoms with Crippen molar-refractivity contribution < 1.29 is 0 Å². The van der Waals surface area contributed by atoms with Crippen molar-refractivity contribution in [2.45, 2.75) is 31.6 Å². The first-order valence-corrected chi connectivity index (χ1v) is 9.97. The molecule has 0 amide bonds. The van der Waals surface area contributed by atoms with Gasteiger partial charge in [0.15, 0.2) is 0 Å². The molecule has 2 unspecified atom stereocenters. The van der Waals surface area contributed by atoms with Gasteiger partial charge in [-0.15, -0.1) is 0 Å². The number of nitrogens with zero attached hydrogens (tertiary/aromatic N) is 2. The number of rotatable bonds is 3. The Hall–Kier alpha value is -3.00. The summed E-state index contributed by atoms with van der Waals surface area (Å²) in [6, 6.07) is 19.1. The molecule has 2 aliphatic carbocycles. The molecule has 2 aromatic heterocycles. The highest BCUT2D eigenvalue weighted by Crippen LogP contribution is 2.52. The zero-order valence-electron chi connectivity index (χ0n) is 16.3. The second-order valence-corrected chi connectivity index (χ2v) is 8.40. The standard InChI is InChI=1S/C26H24N2/c1-26(2)22-12-11-19(17-21(22)25-23(26)9-6-14-28-25)15-18-7-5-8-20(16-18)24-10-3-4-13-27-24/h3-14,16-17,21-22H,15H2,1-2H3. The summed E-state index contributed by atoms with van der Waals surface area (Å²) in [5.74, 6) is 0.867. The zero-order chi connectivity index (χ0) is 19.1. The van der Waals surface area contributed by atoms with Gasteiger partial charge in [0.25, 0.3) is 0 Å². The fourth-order valence-electron chi connectivity index (χ4n) is 4.81. The molecule has 2 atom stereocenters. The van der Waals surface area contributed by atoms with Gasteiger partial charge in [-0.05, 0) is 58.7 Å². The Balaban J connectivity index is 1.45. The van der Waals surface area contributed by atoms with E-state index in [0.29, 0.717) is 11.8 Å². The molecule has 2 aliphatic rings. The van der Waals surface area contributed by atoms with Crippen molar-refractivity contribution in [2.24, 2.45) is 5.92 Å². The van der Waals surface area contributed by atoms with Gasteiger partial charge in [-0.3, -0.25) is 9.97 Å². The number of allylic oxidation sites excluding steroid dienone is 4. The van der Waals surface area contributed by atoms with Crippen LogP contribution in [0, 0.1) is 5.92 Å². The summed E-state index contributed by atoms with van der Waals surface area (Å²) >= 11 is 0. The van der Waals surface area contributed by atoms with Gasteiger partial charge < -0.3 is 0 Å². The van der Waals surface area contributed by atoms with Crippen molar-refractivity contribution in [1.82, 2.24) is 9.97 Å². The zero-order valence-corrected chi connectivity index (χ0v) is 16.3. The van der Waals surface area contributed by atoms with Gasteiger partial charge in [0.2, 0.25) is 0 Å². The van der Waals surface area contributed by atoms with E-state index in [2.05, 4.69) is 79.5 Å². The van der Waals surface area contributed by atoms with E-state index in [1.807, 2.05) is 24.5 Å². The van der Waals surface area contributed by atoms with E-state index in [1.165, 1.54) is 28.0 Å². The van der Waals surface area contributed by atoms with Gasteiger partial charge in [0.05, 0.1) is 11.4 Å². The summed E-state index contributed by atoms with van der Waals surface area (Å²) in [4.78, 5) is 9.23. The van der Waals surface area contributed by atoms with Gasteiger partial charge >= 0.3 is 0 Å². The molecule has 3 aromatic rings. The summed E-state index contributed by atoms with van der Waals surface area (Å²) in [5.41, 5.74) is 7.65. The van der Waals surface area contributed by atoms with Crippen LogP contribution >= 0.6 is 0 Å². The molecule has 138 valence electrons. The minimum absolute atomic E-state index is 0.131. The highest BCUT2D eigenvalue weighted by Gasteiger charge is 2.45. The Morgan fingerprint density at radius 3 is 2.68 bits per heavy atom. The smallest absolute Gasteiger partial charge is 0.0702 e. The third kappa shape index (κ3) is 2.80. The van der Waals surface area contributed by atoms with Crippen LogP contribution in [0.1, 0.15) is 36.6 Å². The number of fused-ring (bicyclic) bond motifs is 3. The fourth-order valence-corrected chi connectivity index (χ4v) is 4.81. The number of aromatic nitrogens is 2. The lowest BCUT2D eigenvalue weighted by molar-refractivity contribution is 0.392. The highest BCUT2D eigenvalue weighted by atomic mass is 14.7. The van der Waals surface area contributed by atoms with E-state index in [0.717, 1.165) is 12.1 Å². The van der Waals surface area contributed by atoms with Crippen LogP contribution in [0.5, 0.6) is 0 Å². The van der Waals surface area contributed by atoms with E-state index in [-0.39, 0.29) is 5.41 Å². The molecule has 0 bridgehead atoms. The molecule has 0 spiro atoms. The van der Waals surface area contributed by atoms with Gasteiger partial charge in [0.1, 0.15) is 0 Å². The predicted molar refractivity (Wildman–Crippen MR) is 114 cm³/mol. The first-order chi connectivity index (χ1) is 13.6. The van der Waals surface area contributed by atoms with Gasteiger partial charge in [-0.1, -0.05) is 62.4 Å². The molecular formula is C26H24N2. The van der Waals surface area contributed by atoms with Crippen LogP contribution in [-0.4, -0.2) is 9.97 Å². The quantitative estimate of drug-likeness (QED) is 0.580. The van der Waals surface area contributed by atoms with Crippen LogP contribution in [0.3, 0.4) is 0 Å². The molecule has 0 N–H and O–H groups in total. The largest absolute Gasteiger partial charge is 0.260 e. The minimum atomic E-state index is 0.131. The molecule has 2 heteroatoms. The summed E-state index contributed by atoms with van der Waals surface area (Å²) in [6.07, 6.45) is 11.9. The van der Waals surface area contributed by atoms with Crippen molar-refractivity contribution in [3.63, 3.8) is 0 Å². The summed E-state index contributed by atoms with van der Waals surface area (Å²) in [5, 5.41) is 0. The van der Waals surface area contributed by atoms with Crippen LogP contribution in [-0.2, 0) is 11.8 Å². The van der Waals surface area contributed by atoms with Crippen molar-refractivity contribution in [3.05, 3.63) is 108 Å². The monoisotopic (exact) mass is 364 g/mol. The molecule has 0 fully saturated rings. The normalized spacial score (nSPS) is 21.7. The van der Waals surface area contributed by atoms with Crippen LogP contribution < -0.4 is 0 Å². The number of benzene rings is 1. The number of hydrogen-bond acceptors (Lipinski definition) is 2. The molecule has 0 radical (unpaired) electrons. The van der Waals surface area contributed by atoms with Crippen LogP contribution in [0.2, 0.25) is 0 Å². The predicted octanol–water partition coefficient (Wildman–Crippen LogP) is 5.87. The van der Waals surface area contributed by atoms with Crippen molar-refractivity contribution in [3.8, 4) is 11.3 Å². The Bertz CT molecular complexity index is 1080. The van der Waals surface area contributed by atoms with Crippen LogP contribution in [0.15, 0.2) is 90.8 Å². The SMILES string of the molecule is CC1(C)c2cccnc2C2C=C(Cc3cccc(-c4ccccn4)c3)C=CC21. The summed E-state index contributed by atoms with van der Waals surface area (Å²) in [7, 11) is 0. The van der Waals surface area contributed by atoms with Gasteiger partial charge in [-0.2, -0.15) is 0 Å². The molecule has 0 saturated heterocycles. The minimum Gasteiger partial charge on any atom is -0.260 e. The van der Waals surface area contributed by atoms with Gasteiger partial charge in [-0.25, -0.2) is 0 Å². The number of pyridine rings is 2. The lowest BCUT2D eigenvalue weighted by atomic mass is 9.73. The highest BCUT2D eigenvalue weighted by molar-refractivity contribution is 5.60. The molecule has 2 heterocycles. The van der Waals surface area contributed by atoms with E-state index >= 15 is 0 Å². The maximum absolute atomic E-state index is 4.75. The van der Waals surface area contributed by atoms with Crippen LogP contribution in [0.4, 0.5) is 0 Å². The topological polar surface area (TPSA) is 25.8 Å². The molecule has 0 aliphatic heterocycles. The van der Waals surface area contributed by atoms with E-state index in [4.69, 9.17) is 4.98 Å². The van der Waals surface area contributed by atoms with Gasteiger partial charge in [0, 0.05) is 23.9 Å². The maximum atomic E-state index is 4.75. The molecule has 2 nitrogen and oxygen atoms in total. The van der Waals surface area contributed by atoms with E-state index in [1.54, 1.807) is 0 Å². The molecule has 1 aromatic carbocycles.